The molecule has 0 fully saturated rings. The molecular formula is C9H13NO3. The van der Waals surface area contributed by atoms with E-state index in [0.29, 0.717) is 0 Å². The molecule has 0 saturated carbocycles. The third kappa shape index (κ3) is 3.58. The monoisotopic (exact) mass is 183 g/mol. The Morgan fingerprint density at radius 1 is 1.38 bits per heavy atom. The van der Waals surface area contributed by atoms with Gasteiger partial charge in [0, 0.05) is 5.41 Å². The molecule has 0 saturated heterocycles. The highest BCUT2D eigenvalue weighted by Gasteiger charge is 2.23. The van der Waals surface area contributed by atoms with Gasteiger partial charge in [-0.25, -0.2) is 4.79 Å². The first-order valence-corrected chi connectivity index (χ1v) is 3.74. The van der Waals surface area contributed by atoms with E-state index in [1.165, 1.54) is 0 Å². The summed E-state index contributed by atoms with van der Waals surface area (Å²) in [6.07, 6.45) is 0. The van der Waals surface area contributed by atoms with E-state index in [2.05, 4.69) is 17.6 Å². The number of amides is 1. The van der Waals surface area contributed by atoms with E-state index in [1.54, 1.807) is 20.8 Å². The first-order valence-electron chi connectivity index (χ1n) is 3.74. The van der Waals surface area contributed by atoms with Crippen molar-refractivity contribution in [1.29, 1.82) is 0 Å². The van der Waals surface area contributed by atoms with Crippen LogP contribution in [0.2, 0.25) is 0 Å². The number of hydrogen-bond donors (Lipinski definition) is 2. The molecule has 2 N–H and O–H groups in total. The van der Waals surface area contributed by atoms with Gasteiger partial charge in [-0.2, -0.15) is 0 Å². The number of hydrogen-bond acceptors (Lipinski definition) is 2. The second kappa shape index (κ2) is 3.92. The normalized spacial score (nSPS) is 10.1. The SMILES string of the molecule is C=C=C(NC(=O)C(C)(C)C)C(=O)O. The van der Waals surface area contributed by atoms with Crippen molar-refractivity contribution >= 4 is 11.9 Å². The Bertz CT molecular complexity index is 280. The highest BCUT2D eigenvalue weighted by atomic mass is 16.4. The summed E-state index contributed by atoms with van der Waals surface area (Å²) in [5.41, 5.74) is 1.19. The summed E-state index contributed by atoms with van der Waals surface area (Å²) >= 11 is 0. The molecule has 13 heavy (non-hydrogen) atoms. The lowest BCUT2D eigenvalue weighted by molar-refractivity contribution is -0.136. The minimum atomic E-state index is -1.24. The number of aliphatic carboxylic acids is 1. The number of carboxylic acid groups (broad SMARTS) is 1. The topological polar surface area (TPSA) is 66.4 Å². The van der Waals surface area contributed by atoms with Gasteiger partial charge in [-0.05, 0) is 0 Å². The lowest BCUT2D eigenvalue weighted by Crippen LogP contribution is -2.36. The molecule has 0 unspecified atom stereocenters. The van der Waals surface area contributed by atoms with Crippen LogP contribution in [0.25, 0.3) is 0 Å². The maximum atomic E-state index is 11.3. The first kappa shape index (κ1) is 11.5. The third-order valence-corrected chi connectivity index (χ3v) is 1.31. The van der Waals surface area contributed by atoms with E-state index in [9.17, 15) is 9.59 Å². The molecule has 4 heteroatoms. The second-order valence-corrected chi connectivity index (χ2v) is 3.56. The van der Waals surface area contributed by atoms with Gasteiger partial charge in [-0.15, -0.1) is 0 Å². The van der Waals surface area contributed by atoms with Gasteiger partial charge in [0.25, 0.3) is 0 Å². The highest BCUT2D eigenvalue weighted by Crippen LogP contribution is 2.13. The van der Waals surface area contributed by atoms with Gasteiger partial charge in [0.1, 0.15) is 0 Å². The number of carboxylic acids is 1. The van der Waals surface area contributed by atoms with Crippen LogP contribution in [0, 0.1) is 5.41 Å². The summed E-state index contributed by atoms with van der Waals surface area (Å²) in [7, 11) is 0. The molecule has 0 aliphatic rings. The fourth-order valence-corrected chi connectivity index (χ4v) is 0.474. The van der Waals surface area contributed by atoms with E-state index in [1.807, 2.05) is 0 Å². The molecule has 0 aromatic rings. The number of carbonyl (C=O) groups is 2. The summed E-state index contributed by atoms with van der Waals surface area (Å²) in [6.45, 7) is 8.22. The van der Waals surface area contributed by atoms with Gasteiger partial charge < -0.3 is 10.4 Å². The zero-order chi connectivity index (χ0) is 10.6. The third-order valence-electron chi connectivity index (χ3n) is 1.31. The Kier molecular flexibility index (Phi) is 3.45. The van der Waals surface area contributed by atoms with Crippen molar-refractivity contribution in [2.75, 3.05) is 0 Å². The van der Waals surface area contributed by atoms with Gasteiger partial charge in [-0.1, -0.05) is 33.1 Å². The van der Waals surface area contributed by atoms with Crippen LogP contribution in [-0.4, -0.2) is 17.0 Å². The quantitative estimate of drug-likeness (QED) is 0.493. The lowest BCUT2D eigenvalue weighted by atomic mass is 9.95. The van der Waals surface area contributed by atoms with Gasteiger partial charge in [0.2, 0.25) is 5.91 Å². The summed E-state index contributed by atoms with van der Waals surface area (Å²) < 4.78 is 0. The Morgan fingerprint density at radius 2 is 1.85 bits per heavy atom. The van der Waals surface area contributed by atoms with Crippen molar-refractivity contribution in [2.24, 2.45) is 5.41 Å². The van der Waals surface area contributed by atoms with Crippen LogP contribution < -0.4 is 5.32 Å². The molecule has 0 aromatic heterocycles. The standard InChI is InChI=1S/C9H13NO3/c1-5-6(7(11)12)10-8(13)9(2,3)4/h1H2,2-4H3,(H,10,13)(H,11,12). The van der Waals surface area contributed by atoms with Crippen LogP contribution in [0.1, 0.15) is 20.8 Å². The van der Waals surface area contributed by atoms with Gasteiger partial charge in [0.15, 0.2) is 5.70 Å². The van der Waals surface area contributed by atoms with Crippen LogP contribution in [0.3, 0.4) is 0 Å². The van der Waals surface area contributed by atoms with E-state index < -0.39 is 11.4 Å². The molecule has 4 nitrogen and oxygen atoms in total. The zero-order valence-corrected chi connectivity index (χ0v) is 7.97. The van der Waals surface area contributed by atoms with E-state index in [-0.39, 0.29) is 11.6 Å². The Labute approximate surface area is 76.9 Å². The van der Waals surface area contributed by atoms with Gasteiger partial charge in [0.05, 0.1) is 0 Å². The number of nitrogens with one attached hydrogen (secondary N) is 1. The summed E-state index contributed by atoms with van der Waals surface area (Å²) in [5.74, 6) is -1.62. The lowest BCUT2D eigenvalue weighted by Gasteiger charge is -2.16. The average Bonchev–Trinajstić information content (AvgIpc) is 1.96. The van der Waals surface area contributed by atoms with Crippen molar-refractivity contribution < 1.29 is 14.7 Å². The highest BCUT2D eigenvalue weighted by molar-refractivity contribution is 5.93. The molecule has 0 atom stereocenters. The molecular weight excluding hydrogens is 170 g/mol. The first-order chi connectivity index (χ1) is 5.79. The maximum Gasteiger partial charge on any atom is 0.360 e. The maximum absolute atomic E-state index is 11.3. The molecule has 0 aliphatic carbocycles. The van der Waals surface area contributed by atoms with Gasteiger partial charge in [-0.3, -0.25) is 4.79 Å². The van der Waals surface area contributed by atoms with Crippen LogP contribution in [0.15, 0.2) is 18.0 Å². The van der Waals surface area contributed by atoms with Crippen molar-refractivity contribution in [2.45, 2.75) is 20.8 Å². The predicted molar refractivity (Wildman–Crippen MR) is 47.9 cm³/mol. The Morgan fingerprint density at radius 3 is 2.08 bits per heavy atom. The van der Waals surface area contributed by atoms with E-state index >= 15 is 0 Å². The molecule has 0 spiro atoms. The molecule has 72 valence electrons. The minimum Gasteiger partial charge on any atom is -0.476 e. The van der Waals surface area contributed by atoms with Crippen molar-refractivity contribution in [3.05, 3.63) is 18.0 Å². The predicted octanol–water partition coefficient (Wildman–Crippen LogP) is 0.902. The molecule has 1 amide bonds. The molecule has 0 bridgehead atoms. The fraction of sp³-hybridized carbons (Fsp3) is 0.444. The van der Waals surface area contributed by atoms with Crippen LogP contribution in [-0.2, 0) is 9.59 Å². The minimum absolute atomic E-state index is 0.320. The summed E-state index contributed by atoms with van der Waals surface area (Å²) in [6, 6.07) is 0. The largest absolute Gasteiger partial charge is 0.476 e. The van der Waals surface area contributed by atoms with E-state index in [4.69, 9.17) is 5.11 Å². The number of rotatable bonds is 2. The van der Waals surface area contributed by atoms with Crippen LogP contribution in [0.4, 0.5) is 0 Å². The number of carbonyl (C=O) groups excluding carboxylic acids is 1. The summed E-state index contributed by atoms with van der Waals surface area (Å²) in [5, 5.41) is 10.7. The Hall–Kier alpha value is -1.54. The smallest absolute Gasteiger partial charge is 0.360 e. The van der Waals surface area contributed by atoms with Crippen molar-refractivity contribution in [3.63, 3.8) is 0 Å². The van der Waals surface area contributed by atoms with Crippen molar-refractivity contribution in [3.8, 4) is 0 Å². The molecule has 0 aliphatic heterocycles. The molecule has 0 aromatic carbocycles. The molecule has 0 heterocycles. The molecule has 0 rings (SSSR count). The van der Waals surface area contributed by atoms with Gasteiger partial charge >= 0.3 is 5.97 Å². The fourth-order valence-electron chi connectivity index (χ4n) is 0.474. The van der Waals surface area contributed by atoms with Crippen molar-refractivity contribution in [1.82, 2.24) is 5.32 Å². The second-order valence-electron chi connectivity index (χ2n) is 3.56. The van der Waals surface area contributed by atoms with Crippen LogP contribution >= 0.6 is 0 Å². The van der Waals surface area contributed by atoms with E-state index in [0.717, 1.165) is 0 Å². The average molecular weight is 183 g/mol. The molecule has 0 radical (unpaired) electrons. The van der Waals surface area contributed by atoms with Crippen LogP contribution in [0.5, 0.6) is 0 Å². The Balaban J connectivity index is 4.56. The zero-order valence-electron chi connectivity index (χ0n) is 7.97. The summed E-state index contributed by atoms with van der Waals surface area (Å²) in [4.78, 5) is 21.7.